The molecule has 2 aliphatic heterocycles. The van der Waals surface area contributed by atoms with Crippen molar-refractivity contribution in [3.63, 3.8) is 0 Å². The van der Waals surface area contributed by atoms with Gasteiger partial charge in [0.05, 0.1) is 15.1 Å². The zero-order chi connectivity index (χ0) is 22.5. The topological polar surface area (TPSA) is 90.2 Å². The Hall–Kier alpha value is -2.69. The summed E-state index contributed by atoms with van der Waals surface area (Å²) in [6.45, 7) is 2.75. The molecule has 3 heterocycles. The minimum absolute atomic E-state index is 0.209. The molecule has 1 saturated heterocycles. The van der Waals surface area contributed by atoms with E-state index in [0.717, 1.165) is 15.8 Å². The fourth-order valence-electron chi connectivity index (χ4n) is 4.01. The third-order valence-electron chi connectivity index (χ3n) is 5.97. The molecule has 0 spiro atoms. The monoisotopic (exact) mass is 473 g/mol. The third kappa shape index (κ3) is 3.72. The van der Waals surface area contributed by atoms with Crippen LogP contribution in [0.5, 0.6) is 11.5 Å². The number of benzene rings is 2. The first kappa shape index (κ1) is 21.2. The summed E-state index contributed by atoms with van der Waals surface area (Å²) in [7, 11) is -1.69. The van der Waals surface area contributed by atoms with Crippen molar-refractivity contribution in [3.8, 4) is 11.5 Å². The van der Waals surface area contributed by atoms with Gasteiger partial charge in [-0.2, -0.15) is 9.30 Å². The molecule has 0 aliphatic carbocycles. The fourth-order valence-corrected chi connectivity index (χ4v) is 6.52. The van der Waals surface area contributed by atoms with E-state index in [1.807, 2.05) is 30.7 Å². The zero-order valence-electron chi connectivity index (χ0n) is 17.8. The number of carbonyl (C=O) groups is 1. The van der Waals surface area contributed by atoms with Crippen molar-refractivity contribution >= 4 is 37.5 Å². The highest BCUT2D eigenvalue weighted by atomic mass is 32.2. The number of sulfonamides is 1. The number of amides is 1. The number of aromatic nitrogens is 1. The molecule has 32 heavy (non-hydrogen) atoms. The molecule has 5 rings (SSSR count). The van der Waals surface area contributed by atoms with Crippen molar-refractivity contribution in [1.29, 1.82) is 0 Å². The average Bonchev–Trinajstić information content (AvgIpc) is 3.36. The minimum Gasteiger partial charge on any atom is -0.454 e. The molecule has 0 bridgehead atoms. The van der Waals surface area contributed by atoms with Crippen molar-refractivity contribution < 1.29 is 22.7 Å². The molecule has 168 valence electrons. The number of aryl methyl sites for hydroxylation is 2. The van der Waals surface area contributed by atoms with Crippen LogP contribution in [0.4, 0.5) is 0 Å². The Morgan fingerprint density at radius 3 is 2.44 bits per heavy atom. The van der Waals surface area contributed by atoms with Crippen LogP contribution in [0.2, 0.25) is 0 Å². The smallest absolute Gasteiger partial charge is 0.251 e. The standard InChI is InChI=1S/C22H23N3O5S2/c1-14-3-5-16(6-4-14)32(27,28)25-9-7-15(8-10-25)21(26)23-22-24(2)17-11-18-19(30-13-29-18)12-20(17)31-22/h3-6,11-12,15H,7-10,13H2,1-2H3. The van der Waals surface area contributed by atoms with Gasteiger partial charge < -0.3 is 14.0 Å². The molecule has 3 aromatic rings. The van der Waals surface area contributed by atoms with E-state index in [0.29, 0.717) is 42.2 Å². The molecular weight excluding hydrogens is 450 g/mol. The molecule has 1 amide bonds. The summed E-state index contributed by atoms with van der Waals surface area (Å²) in [6.07, 6.45) is 0.913. The molecule has 2 aromatic carbocycles. The highest BCUT2D eigenvalue weighted by Crippen LogP contribution is 2.36. The third-order valence-corrected chi connectivity index (χ3v) is 8.98. The van der Waals surface area contributed by atoms with Crippen LogP contribution in [0, 0.1) is 12.8 Å². The minimum atomic E-state index is -3.55. The van der Waals surface area contributed by atoms with Crippen LogP contribution in [-0.4, -0.2) is 43.1 Å². The Kier molecular flexibility index (Phi) is 5.31. The summed E-state index contributed by atoms with van der Waals surface area (Å²) in [5, 5.41) is 0. The maximum Gasteiger partial charge on any atom is 0.251 e. The number of thiazole rings is 1. The lowest BCUT2D eigenvalue weighted by atomic mass is 9.98. The number of rotatable bonds is 3. The molecular formula is C22H23N3O5S2. The van der Waals surface area contributed by atoms with E-state index in [4.69, 9.17) is 9.47 Å². The molecule has 0 N–H and O–H groups in total. The van der Waals surface area contributed by atoms with Crippen LogP contribution in [0.15, 0.2) is 46.3 Å². The first-order valence-electron chi connectivity index (χ1n) is 10.4. The van der Waals surface area contributed by atoms with Gasteiger partial charge in [-0.1, -0.05) is 29.0 Å². The molecule has 8 nitrogen and oxygen atoms in total. The Balaban J connectivity index is 1.32. The second kappa shape index (κ2) is 8.02. The molecule has 1 fully saturated rings. The van der Waals surface area contributed by atoms with E-state index >= 15 is 0 Å². The number of ether oxygens (including phenoxy) is 2. The van der Waals surface area contributed by atoms with Gasteiger partial charge >= 0.3 is 0 Å². The molecule has 0 atom stereocenters. The van der Waals surface area contributed by atoms with Gasteiger partial charge in [0.25, 0.3) is 5.91 Å². The van der Waals surface area contributed by atoms with E-state index < -0.39 is 10.0 Å². The summed E-state index contributed by atoms with van der Waals surface area (Å²) >= 11 is 1.42. The molecule has 1 aromatic heterocycles. The van der Waals surface area contributed by atoms with Gasteiger partial charge in [0, 0.05) is 38.2 Å². The van der Waals surface area contributed by atoms with Crippen molar-refractivity contribution in [2.45, 2.75) is 24.7 Å². The van der Waals surface area contributed by atoms with E-state index in [-0.39, 0.29) is 23.5 Å². The molecule has 2 aliphatic rings. The van der Waals surface area contributed by atoms with Gasteiger partial charge in [0.1, 0.15) is 0 Å². The quantitative estimate of drug-likeness (QED) is 0.584. The van der Waals surface area contributed by atoms with E-state index in [9.17, 15) is 13.2 Å². The summed E-state index contributed by atoms with van der Waals surface area (Å²) in [4.78, 5) is 18.1. The summed E-state index contributed by atoms with van der Waals surface area (Å²) in [5.74, 6) is 0.881. The van der Waals surface area contributed by atoms with Gasteiger partial charge in [-0.05, 0) is 31.9 Å². The van der Waals surface area contributed by atoms with Crippen molar-refractivity contribution in [2.24, 2.45) is 18.0 Å². The van der Waals surface area contributed by atoms with Gasteiger partial charge in [-0.3, -0.25) is 4.79 Å². The number of fused-ring (bicyclic) bond motifs is 2. The Morgan fingerprint density at radius 2 is 1.75 bits per heavy atom. The summed E-state index contributed by atoms with van der Waals surface area (Å²) in [6, 6.07) is 10.6. The van der Waals surface area contributed by atoms with Gasteiger partial charge in [0.2, 0.25) is 16.8 Å². The first-order chi connectivity index (χ1) is 15.3. The highest BCUT2D eigenvalue weighted by molar-refractivity contribution is 7.89. The largest absolute Gasteiger partial charge is 0.454 e. The Morgan fingerprint density at radius 1 is 1.09 bits per heavy atom. The van der Waals surface area contributed by atoms with Crippen LogP contribution < -0.4 is 14.3 Å². The van der Waals surface area contributed by atoms with Gasteiger partial charge in [-0.25, -0.2) is 8.42 Å². The summed E-state index contributed by atoms with van der Waals surface area (Å²) < 4.78 is 40.9. The number of piperidine rings is 1. The van der Waals surface area contributed by atoms with Crippen molar-refractivity contribution in [3.05, 3.63) is 46.8 Å². The van der Waals surface area contributed by atoms with Gasteiger partial charge in [-0.15, -0.1) is 0 Å². The lowest BCUT2D eigenvalue weighted by Crippen LogP contribution is -2.40. The van der Waals surface area contributed by atoms with Crippen LogP contribution in [0.3, 0.4) is 0 Å². The lowest BCUT2D eigenvalue weighted by molar-refractivity contribution is -0.122. The molecule has 0 unspecified atom stereocenters. The fraction of sp³-hybridized carbons (Fsp3) is 0.364. The second-order valence-electron chi connectivity index (χ2n) is 8.06. The SMILES string of the molecule is Cc1ccc(S(=O)(=O)N2CCC(C(=O)N=c3sc4cc5c(cc4n3C)OCO5)CC2)cc1. The molecule has 10 heteroatoms. The van der Waals surface area contributed by atoms with Crippen LogP contribution in [0.25, 0.3) is 10.2 Å². The molecule has 0 radical (unpaired) electrons. The number of nitrogens with zero attached hydrogens (tertiary/aromatic N) is 3. The maximum atomic E-state index is 12.9. The van der Waals surface area contributed by atoms with Crippen molar-refractivity contribution in [2.75, 3.05) is 19.9 Å². The van der Waals surface area contributed by atoms with Crippen molar-refractivity contribution in [1.82, 2.24) is 8.87 Å². The maximum absolute atomic E-state index is 12.9. The van der Waals surface area contributed by atoms with Crippen LogP contribution in [-0.2, 0) is 21.9 Å². The van der Waals surface area contributed by atoms with Crippen LogP contribution >= 0.6 is 11.3 Å². The number of hydrogen-bond donors (Lipinski definition) is 0. The number of hydrogen-bond acceptors (Lipinski definition) is 6. The first-order valence-corrected chi connectivity index (χ1v) is 12.6. The second-order valence-corrected chi connectivity index (χ2v) is 11.0. The normalized spacial score (nSPS) is 17.9. The predicted molar refractivity (Wildman–Crippen MR) is 120 cm³/mol. The van der Waals surface area contributed by atoms with Crippen LogP contribution in [0.1, 0.15) is 18.4 Å². The highest BCUT2D eigenvalue weighted by Gasteiger charge is 2.32. The average molecular weight is 474 g/mol. The molecule has 0 saturated carbocycles. The van der Waals surface area contributed by atoms with E-state index in [1.165, 1.54) is 15.6 Å². The predicted octanol–water partition coefficient (Wildman–Crippen LogP) is 2.81. The lowest BCUT2D eigenvalue weighted by Gasteiger charge is -2.29. The number of carbonyl (C=O) groups excluding carboxylic acids is 1. The summed E-state index contributed by atoms with van der Waals surface area (Å²) in [5.41, 5.74) is 1.93. The van der Waals surface area contributed by atoms with E-state index in [1.54, 1.807) is 24.3 Å². The Bertz CT molecular complexity index is 1370. The van der Waals surface area contributed by atoms with Gasteiger partial charge in [0.15, 0.2) is 16.3 Å². The Labute approximate surface area is 189 Å². The zero-order valence-corrected chi connectivity index (χ0v) is 19.4. The van der Waals surface area contributed by atoms with E-state index in [2.05, 4.69) is 4.99 Å².